The number of aryl methyl sites for hydroxylation is 2. The Kier molecular flexibility index (Phi) is 2.95. The van der Waals surface area contributed by atoms with E-state index in [9.17, 15) is 9.59 Å². The molecule has 0 aliphatic heterocycles. The molecule has 88 valence electrons. The lowest BCUT2D eigenvalue weighted by Crippen LogP contribution is -1.89. The quantitative estimate of drug-likeness (QED) is 0.790. The molecule has 2 aromatic rings. The molecule has 4 heteroatoms. The smallest absolute Gasteiger partial charge is 0.166 e. The molecule has 0 aliphatic rings. The summed E-state index contributed by atoms with van der Waals surface area (Å²) in [7, 11) is 0. The maximum atomic E-state index is 10.7. The van der Waals surface area contributed by atoms with Crippen LogP contribution in [0.4, 0.5) is 0 Å². The number of aromatic nitrogens is 2. The van der Waals surface area contributed by atoms with E-state index in [1.54, 1.807) is 0 Å². The van der Waals surface area contributed by atoms with Crippen molar-refractivity contribution in [3.8, 4) is 0 Å². The van der Waals surface area contributed by atoms with E-state index in [0.717, 1.165) is 35.1 Å². The summed E-state index contributed by atoms with van der Waals surface area (Å²) >= 11 is 0. The van der Waals surface area contributed by atoms with E-state index in [0.29, 0.717) is 17.8 Å². The minimum atomic E-state index is 0.585. The topological polar surface area (TPSA) is 65.7 Å². The van der Waals surface area contributed by atoms with Crippen LogP contribution in [-0.2, 0) is 6.42 Å². The average Bonchev–Trinajstić information content (AvgIpc) is 2.84. The van der Waals surface area contributed by atoms with Crippen molar-refractivity contribution < 1.29 is 9.59 Å². The molecule has 17 heavy (non-hydrogen) atoms. The van der Waals surface area contributed by atoms with E-state index in [1.165, 1.54) is 0 Å². The van der Waals surface area contributed by atoms with Crippen LogP contribution in [0.25, 0.3) is 0 Å². The van der Waals surface area contributed by atoms with Gasteiger partial charge in [0, 0.05) is 17.8 Å². The first-order valence-corrected chi connectivity index (χ1v) is 5.41. The third-order valence-corrected chi connectivity index (χ3v) is 2.92. The largest absolute Gasteiger partial charge is 0.356 e. The van der Waals surface area contributed by atoms with Gasteiger partial charge in [-0.1, -0.05) is 0 Å². The number of nitrogens with one attached hydrogen (secondary N) is 2. The molecule has 0 fully saturated rings. The Balaban J connectivity index is 2.30. The summed E-state index contributed by atoms with van der Waals surface area (Å²) in [5, 5.41) is 0. The highest BCUT2D eigenvalue weighted by molar-refractivity contribution is 5.74. The highest BCUT2D eigenvalue weighted by atomic mass is 16.1. The number of H-pyrrole nitrogens is 2. The normalized spacial score (nSPS) is 10.5. The Bertz CT molecular complexity index is 514. The second-order valence-corrected chi connectivity index (χ2v) is 4.16. The Morgan fingerprint density at radius 3 is 1.65 bits per heavy atom. The van der Waals surface area contributed by atoms with Gasteiger partial charge in [-0.25, -0.2) is 0 Å². The fourth-order valence-electron chi connectivity index (χ4n) is 1.96. The number of aldehydes is 2. The minimum Gasteiger partial charge on any atom is -0.356 e. The summed E-state index contributed by atoms with van der Waals surface area (Å²) in [5.41, 5.74) is 5.29. The molecule has 0 aliphatic carbocycles. The number of carbonyl (C=O) groups excluding carboxylic acids is 2. The third kappa shape index (κ3) is 2.20. The SMILES string of the molecule is Cc1[nH]c(C=O)cc1Cc1cc(C=O)[nH]c1C. The molecule has 0 saturated carbocycles. The molecular weight excluding hydrogens is 216 g/mol. The highest BCUT2D eigenvalue weighted by Crippen LogP contribution is 2.18. The van der Waals surface area contributed by atoms with Crippen molar-refractivity contribution in [3.05, 3.63) is 46.0 Å². The first-order valence-electron chi connectivity index (χ1n) is 5.41. The maximum absolute atomic E-state index is 10.7. The molecule has 0 atom stereocenters. The second kappa shape index (κ2) is 4.41. The summed E-state index contributed by atoms with van der Waals surface area (Å²) in [6, 6.07) is 3.69. The van der Waals surface area contributed by atoms with E-state index < -0.39 is 0 Å². The number of carbonyl (C=O) groups is 2. The molecule has 2 rings (SSSR count). The van der Waals surface area contributed by atoms with Gasteiger partial charge in [-0.3, -0.25) is 9.59 Å². The summed E-state index contributed by atoms with van der Waals surface area (Å²) in [6.07, 6.45) is 2.32. The van der Waals surface area contributed by atoms with Crippen molar-refractivity contribution in [1.82, 2.24) is 9.97 Å². The van der Waals surface area contributed by atoms with Gasteiger partial charge >= 0.3 is 0 Å². The Labute approximate surface area is 99.1 Å². The Morgan fingerprint density at radius 1 is 0.941 bits per heavy atom. The molecule has 0 saturated heterocycles. The zero-order chi connectivity index (χ0) is 12.4. The zero-order valence-electron chi connectivity index (χ0n) is 9.83. The Morgan fingerprint density at radius 2 is 1.35 bits per heavy atom. The average molecular weight is 230 g/mol. The van der Waals surface area contributed by atoms with E-state index in [2.05, 4.69) is 9.97 Å². The second-order valence-electron chi connectivity index (χ2n) is 4.16. The molecule has 2 N–H and O–H groups in total. The predicted octanol–water partition coefficient (Wildman–Crippen LogP) is 2.18. The van der Waals surface area contributed by atoms with Gasteiger partial charge in [-0.15, -0.1) is 0 Å². The van der Waals surface area contributed by atoms with Crippen LogP contribution in [0.15, 0.2) is 12.1 Å². The predicted molar refractivity (Wildman–Crippen MR) is 64.6 cm³/mol. The van der Waals surface area contributed by atoms with E-state index in [-0.39, 0.29) is 0 Å². The molecule has 0 unspecified atom stereocenters. The van der Waals surface area contributed by atoms with Crippen LogP contribution in [0, 0.1) is 13.8 Å². The van der Waals surface area contributed by atoms with E-state index >= 15 is 0 Å². The number of hydrogen-bond donors (Lipinski definition) is 2. The van der Waals surface area contributed by atoms with Crippen LogP contribution in [0.5, 0.6) is 0 Å². The summed E-state index contributed by atoms with van der Waals surface area (Å²) in [5.74, 6) is 0. The van der Waals surface area contributed by atoms with E-state index in [4.69, 9.17) is 0 Å². The van der Waals surface area contributed by atoms with Crippen molar-refractivity contribution in [2.75, 3.05) is 0 Å². The van der Waals surface area contributed by atoms with Gasteiger partial charge in [0.15, 0.2) is 12.6 Å². The molecule has 2 heterocycles. The van der Waals surface area contributed by atoms with Crippen molar-refractivity contribution in [2.45, 2.75) is 20.3 Å². The van der Waals surface area contributed by atoms with Crippen molar-refractivity contribution in [2.24, 2.45) is 0 Å². The zero-order valence-corrected chi connectivity index (χ0v) is 9.83. The van der Waals surface area contributed by atoms with Gasteiger partial charge in [-0.2, -0.15) is 0 Å². The maximum Gasteiger partial charge on any atom is 0.166 e. The van der Waals surface area contributed by atoms with Gasteiger partial charge in [0.25, 0.3) is 0 Å². The van der Waals surface area contributed by atoms with Crippen molar-refractivity contribution >= 4 is 12.6 Å². The third-order valence-electron chi connectivity index (χ3n) is 2.92. The molecular formula is C13H14N2O2. The molecule has 0 radical (unpaired) electrons. The van der Waals surface area contributed by atoms with Gasteiger partial charge in [-0.05, 0) is 37.1 Å². The van der Waals surface area contributed by atoms with Crippen molar-refractivity contribution in [3.63, 3.8) is 0 Å². The van der Waals surface area contributed by atoms with Crippen LogP contribution in [0.3, 0.4) is 0 Å². The monoisotopic (exact) mass is 230 g/mol. The lowest BCUT2D eigenvalue weighted by Gasteiger charge is -1.99. The number of aromatic amines is 2. The fraction of sp³-hybridized carbons (Fsp3) is 0.231. The highest BCUT2D eigenvalue weighted by Gasteiger charge is 2.09. The summed E-state index contributed by atoms with van der Waals surface area (Å²) in [6.45, 7) is 3.87. The standard InChI is InChI=1S/C13H14N2O2/c1-8-10(4-12(6-16)14-8)3-11-5-13(7-17)15-9(11)2/h4-7,14-15H,3H2,1-2H3. The van der Waals surface area contributed by atoms with Crippen LogP contribution < -0.4 is 0 Å². The summed E-state index contributed by atoms with van der Waals surface area (Å²) in [4.78, 5) is 27.3. The molecule has 0 amide bonds. The minimum absolute atomic E-state index is 0.585. The van der Waals surface area contributed by atoms with Crippen LogP contribution >= 0.6 is 0 Å². The molecule has 2 aromatic heterocycles. The van der Waals surface area contributed by atoms with Crippen LogP contribution in [0.2, 0.25) is 0 Å². The fourth-order valence-corrected chi connectivity index (χ4v) is 1.96. The molecule has 0 bridgehead atoms. The number of hydrogen-bond acceptors (Lipinski definition) is 2. The lowest BCUT2D eigenvalue weighted by atomic mass is 10.1. The first kappa shape index (κ1) is 11.4. The van der Waals surface area contributed by atoms with Gasteiger partial charge in [0.2, 0.25) is 0 Å². The van der Waals surface area contributed by atoms with Gasteiger partial charge in [0.1, 0.15) is 0 Å². The molecule has 0 spiro atoms. The van der Waals surface area contributed by atoms with Crippen LogP contribution in [-0.4, -0.2) is 22.5 Å². The lowest BCUT2D eigenvalue weighted by molar-refractivity contribution is 0.111. The molecule has 0 aromatic carbocycles. The van der Waals surface area contributed by atoms with E-state index in [1.807, 2.05) is 26.0 Å². The van der Waals surface area contributed by atoms with Crippen molar-refractivity contribution in [1.29, 1.82) is 0 Å². The van der Waals surface area contributed by atoms with Crippen LogP contribution in [0.1, 0.15) is 43.5 Å². The Hall–Kier alpha value is -2.10. The molecule has 4 nitrogen and oxygen atoms in total. The summed E-state index contributed by atoms with van der Waals surface area (Å²) < 4.78 is 0. The van der Waals surface area contributed by atoms with Gasteiger partial charge < -0.3 is 9.97 Å². The first-order chi connectivity index (χ1) is 8.13. The van der Waals surface area contributed by atoms with Gasteiger partial charge in [0.05, 0.1) is 11.4 Å². The number of rotatable bonds is 4.